The lowest BCUT2D eigenvalue weighted by Crippen LogP contribution is -2.05. The average Bonchev–Trinajstić information content (AvgIpc) is 3.43. The van der Waals surface area contributed by atoms with E-state index in [-0.39, 0.29) is 12.1 Å². The number of aromatic nitrogens is 3. The van der Waals surface area contributed by atoms with Crippen molar-refractivity contribution in [1.29, 1.82) is 0 Å². The van der Waals surface area contributed by atoms with Crippen molar-refractivity contribution in [3.8, 4) is 28.6 Å². The van der Waals surface area contributed by atoms with Crippen LogP contribution in [0.15, 0.2) is 47.1 Å². The highest BCUT2D eigenvalue weighted by Crippen LogP contribution is 2.34. The van der Waals surface area contributed by atoms with Crippen LogP contribution in [0.3, 0.4) is 0 Å². The van der Waals surface area contributed by atoms with Crippen LogP contribution in [0.25, 0.3) is 33.7 Å². The van der Waals surface area contributed by atoms with Crippen LogP contribution in [0, 0.1) is 0 Å². The molecule has 0 atom stereocenters. The normalized spacial score (nSPS) is 11.4. The minimum Gasteiger partial charge on any atom is -0.489 e. The molecule has 0 bridgehead atoms. The summed E-state index contributed by atoms with van der Waals surface area (Å²) in [5, 5.41) is 5.75. The van der Waals surface area contributed by atoms with Crippen LogP contribution in [0.2, 0.25) is 5.02 Å². The van der Waals surface area contributed by atoms with Gasteiger partial charge in [0.25, 0.3) is 5.89 Å². The van der Waals surface area contributed by atoms with Crippen molar-refractivity contribution in [2.24, 2.45) is 7.05 Å². The highest BCUT2D eigenvalue weighted by atomic mass is 35.5. The van der Waals surface area contributed by atoms with E-state index in [1.807, 2.05) is 58.3 Å². The lowest BCUT2D eigenvalue weighted by Gasteiger charge is -2.11. The molecule has 7 nitrogen and oxygen atoms in total. The second-order valence-corrected chi connectivity index (χ2v) is 8.76. The van der Waals surface area contributed by atoms with Gasteiger partial charge >= 0.3 is 5.97 Å². The van der Waals surface area contributed by atoms with Gasteiger partial charge in [-0.05, 0) is 63.4 Å². The number of nitrogens with zero attached hydrogens (tertiary/aromatic N) is 3. The van der Waals surface area contributed by atoms with Crippen LogP contribution >= 0.6 is 11.6 Å². The zero-order chi connectivity index (χ0) is 24.2. The second kappa shape index (κ2) is 10.3. The number of rotatable bonds is 9. The molecule has 4 rings (SSSR count). The number of carbonyl (C=O) groups excluding carboxylic acids is 1. The fourth-order valence-electron chi connectivity index (χ4n) is 3.99. The van der Waals surface area contributed by atoms with Crippen LogP contribution in [-0.2, 0) is 23.0 Å². The summed E-state index contributed by atoms with van der Waals surface area (Å²) in [5.41, 5.74) is 3.85. The zero-order valence-electron chi connectivity index (χ0n) is 19.8. The third-order valence-electron chi connectivity index (χ3n) is 5.46. The van der Waals surface area contributed by atoms with Gasteiger partial charge in [0.05, 0.1) is 23.3 Å². The van der Waals surface area contributed by atoms with E-state index in [9.17, 15) is 4.79 Å². The molecule has 0 saturated heterocycles. The maximum Gasteiger partial charge on any atom is 0.305 e. The van der Waals surface area contributed by atoms with Crippen LogP contribution in [-0.4, -0.2) is 33.4 Å². The first-order chi connectivity index (χ1) is 16.4. The van der Waals surface area contributed by atoms with Gasteiger partial charge in [-0.2, -0.15) is 4.98 Å². The Hall–Kier alpha value is -3.32. The summed E-state index contributed by atoms with van der Waals surface area (Å²) in [7, 11) is 2.01. The molecule has 178 valence electrons. The molecule has 34 heavy (non-hydrogen) atoms. The van der Waals surface area contributed by atoms with Crippen molar-refractivity contribution in [2.45, 2.75) is 46.1 Å². The van der Waals surface area contributed by atoms with E-state index in [1.165, 1.54) is 0 Å². The zero-order valence-corrected chi connectivity index (χ0v) is 20.6. The smallest absolute Gasteiger partial charge is 0.305 e. The summed E-state index contributed by atoms with van der Waals surface area (Å²) in [6.45, 7) is 6.12. The fraction of sp³-hybridized carbons (Fsp3) is 0.346. The number of halogens is 1. The predicted molar refractivity (Wildman–Crippen MR) is 132 cm³/mol. The summed E-state index contributed by atoms with van der Waals surface area (Å²) in [6.07, 6.45) is 3.94. The number of carbonyl (C=O) groups is 1. The Labute approximate surface area is 203 Å². The van der Waals surface area contributed by atoms with E-state index in [0.717, 1.165) is 40.4 Å². The maximum atomic E-state index is 11.7. The molecule has 0 N–H and O–H groups in total. The minimum atomic E-state index is -0.162. The molecule has 2 aromatic heterocycles. The Morgan fingerprint density at radius 2 is 2.03 bits per heavy atom. The van der Waals surface area contributed by atoms with Crippen molar-refractivity contribution >= 4 is 28.5 Å². The minimum absolute atomic E-state index is 0.0276. The molecule has 0 spiro atoms. The molecule has 8 heteroatoms. The summed E-state index contributed by atoms with van der Waals surface area (Å²) >= 11 is 6.38. The number of fused-ring (bicyclic) bond motifs is 1. The Morgan fingerprint density at radius 1 is 1.21 bits per heavy atom. The first kappa shape index (κ1) is 23.8. The van der Waals surface area contributed by atoms with Crippen LogP contribution in [0.5, 0.6) is 5.75 Å². The largest absolute Gasteiger partial charge is 0.489 e. The van der Waals surface area contributed by atoms with Crippen LogP contribution < -0.4 is 4.74 Å². The van der Waals surface area contributed by atoms with Gasteiger partial charge in [0.1, 0.15) is 5.75 Å². The first-order valence-electron chi connectivity index (χ1n) is 11.4. The van der Waals surface area contributed by atoms with Gasteiger partial charge < -0.3 is 18.6 Å². The fourth-order valence-corrected chi connectivity index (χ4v) is 4.21. The molecule has 0 unspecified atom stereocenters. The monoisotopic (exact) mass is 481 g/mol. The molecule has 0 aliphatic rings. The van der Waals surface area contributed by atoms with Gasteiger partial charge in [0.2, 0.25) is 5.82 Å². The molecule has 0 fully saturated rings. The number of hydrogen-bond donors (Lipinski definition) is 0. The van der Waals surface area contributed by atoms with Crippen molar-refractivity contribution < 1.29 is 18.8 Å². The van der Waals surface area contributed by atoms with Gasteiger partial charge in [-0.1, -0.05) is 28.9 Å². The molecule has 0 radical (unpaired) electrons. The van der Waals surface area contributed by atoms with E-state index in [4.69, 9.17) is 25.6 Å². The Morgan fingerprint density at radius 3 is 2.76 bits per heavy atom. The number of benzene rings is 2. The lowest BCUT2D eigenvalue weighted by molar-refractivity contribution is -0.143. The van der Waals surface area contributed by atoms with Gasteiger partial charge in [-0.25, -0.2) is 0 Å². The van der Waals surface area contributed by atoms with Crippen molar-refractivity contribution in [3.05, 3.63) is 53.2 Å². The number of hydrogen-bond acceptors (Lipinski definition) is 6. The molecule has 2 heterocycles. The quantitative estimate of drug-likeness (QED) is 0.264. The number of ether oxygens (including phenoxy) is 2. The van der Waals surface area contributed by atoms with E-state index in [1.54, 1.807) is 6.07 Å². The van der Waals surface area contributed by atoms with Crippen molar-refractivity contribution in [1.82, 2.24) is 14.7 Å². The van der Waals surface area contributed by atoms with E-state index in [2.05, 4.69) is 20.8 Å². The average molecular weight is 482 g/mol. The summed E-state index contributed by atoms with van der Waals surface area (Å²) in [5.74, 6) is 1.34. The Balaban J connectivity index is 1.59. The van der Waals surface area contributed by atoms with Crippen LogP contribution in [0.4, 0.5) is 0 Å². The van der Waals surface area contributed by atoms with E-state index < -0.39 is 0 Å². The molecule has 2 aromatic carbocycles. The third-order valence-corrected chi connectivity index (χ3v) is 5.75. The SMILES string of the molecule is CCOC(=O)CCCc1ccc(-c2noc(-c3ccc(OC(C)C)c(Cl)c3)n2)c2ccn(C)c12. The highest BCUT2D eigenvalue weighted by molar-refractivity contribution is 6.32. The number of esters is 1. The first-order valence-corrected chi connectivity index (χ1v) is 11.8. The van der Waals surface area contributed by atoms with E-state index >= 15 is 0 Å². The van der Waals surface area contributed by atoms with Gasteiger partial charge in [0.15, 0.2) is 0 Å². The molecule has 0 saturated carbocycles. The van der Waals surface area contributed by atoms with Crippen molar-refractivity contribution in [3.63, 3.8) is 0 Å². The highest BCUT2D eigenvalue weighted by Gasteiger charge is 2.17. The van der Waals surface area contributed by atoms with Gasteiger partial charge in [-0.15, -0.1) is 0 Å². The molecule has 0 amide bonds. The van der Waals surface area contributed by atoms with Crippen molar-refractivity contribution in [2.75, 3.05) is 6.61 Å². The topological polar surface area (TPSA) is 79.4 Å². The van der Waals surface area contributed by atoms with E-state index in [0.29, 0.717) is 35.5 Å². The summed E-state index contributed by atoms with van der Waals surface area (Å²) < 4.78 is 18.4. The summed E-state index contributed by atoms with van der Waals surface area (Å²) in [4.78, 5) is 16.3. The van der Waals surface area contributed by atoms with Gasteiger partial charge in [0, 0.05) is 36.2 Å². The third kappa shape index (κ3) is 5.09. The maximum absolute atomic E-state index is 11.7. The standard InChI is InChI=1S/C26H28ClN3O4/c1-5-32-23(31)8-6-7-17-9-11-20(19-13-14-30(4)24(17)19)25-28-26(34-29-25)18-10-12-22(21(27)15-18)33-16(2)3/h9-16H,5-8H2,1-4H3. The molecule has 0 aliphatic carbocycles. The Kier molecular flexibility index (Phi) is 7.22. The molecule has 0 aliphatic heterocycles. The molecular formula is C26H28ClN3O4. The van der Waals surface area contributed by atoms with Gasteiger partial charge in [-0.3, -0.25) is 4.79 Å². The number of aryl methyl sites for hydroxylation is 2. The lowest BCUT2D eigenvalue weighted by atomic mass is 10.0. The van der Waals surface area contributed by atoms with Crippen LogP contribution in [0.1, 0.15) is 39.2 Å². The molecule has 4 aromatic rings. The predicted octanol–water partition coefficient (Wildman–Crippen LogP) is 6.22. The second-order valence-electron chi connectivity index (χ2n) is 8.35. The molecular weight excluding hydrogens is 454 g/mol. The Bertz CT molecular complexity index is 1310. The summed E-state index contributed by atoms with van der Waals surface area (Å²) in [6, 6.07) is 11.5.